The first-order chi connectivity index (χ1) is 11.1. The zero-order valence-corrected chi connectivity index (χ0v) is 14.0. The van der Waals surface area contributed by atoms with Crippen LogP contribution in [-0.4, -0.2) is 21.9 Å². The maximum atomic E-state index is 5.81. The van der Waals surface area contributed by atoms with Gasteiger partial charge in [-0.2, -0.15) is 0 Å². The molecule has 5 heteroatoms. The van der Waals surface area contributed by atoms with Gasteiger partial charge in [-0.15, -0.1) is 0 Å². The van der Waals surface area contributed by atoms with Gasteiger partial charge < -0.3 is 15.6 Å². The van der Waals surface area contributed by atoms with Gasteiger partial charge >= 0.3 is 0 Å². The van der Waals surface area contributed by atoms with Crippen LogP contribution in [0.1, 0.15) is 27.2 Å². The third-order valence-corrected chi connectivity index (χ3v) is 3.45. The molecule has 3 N–H and O–H groups in total. The Balaban J connectivity index is 2.28. The summed E-state index contributed by atoms with van der Waals surface area (Å²) in [7, 11) is 0. The fourth-order valence-electron chi connectivity index (χ4n) is 2.08. The van der Waals surface area contributed by atoms with Crippen molar-refractivity contribution in [3.63, 3.8) is 0 Å². The predicted molar refractivity (Wildman–Crippen MR) is 96.6 cm³/mol. The van der Waals surface area contributed by atoms with Crippen LogP contribution in [-0.2, 0) is 0 Å². The summed E-state index contributed by atoms with van der Waals surface area (Å²) >= 11 is 0. The number of nitrogens with zero attached hydrogens (tertiary/aromatic N) is 3. The molecule has 0 saturated heterocycles. The Morgan fingerprint density at radius 3 is 3.00 bits per heavy atom. The van der Waals surface area contributed by atoms with Crippen molar-refractivity contribution in [1.82, 2.24) is 14.9 Å². The molecule has 0 amide bonds. The molecule has 0 unspecified atom stereocenters. The first kappa shape index (κ1) is 16.8. The molecule has 23 heavy (non-hydrogen) atoms. The normalized spacial score (nSPS) is 18.1. The number of amidine groups is 1. The van der Waals surface area contributed by atoms with Crippen LogP contribution in [0.5, 0.6) is 0 Å². The third-order valence-electron chi connectivity index (χ3n) is 3.45. The van der Waals surface area contributed by atoms with E-state index in [-0.39, 0.29) is 0 Å². The number of aromatic nitrogens is 2. The summed E-state index contributed by atoms with van der Waals surface area (Å²) < 4.78 is 2.02. The smallest absolute Gasteiger partial charge is 0.105 e. The van der Waals surface area contributed by atoms with Crippen molar-refractivity contribution in [2.24, 2.45) is 16.6 Å². The maximum Gasteiger partial charge on any atom is 0.105 e. The van der Waals surface area contributed by atoms with E-state index in [1.165, 1.54) is 0 Å². The molecule has 2 rings (SSSR count). The minimum atomic E-state index is 0.491. The van der Waals surface area contributed by atoms with Gasteiger partial charge in [-0.25, -0.2) is 4.98 Å². The zero-order valence-electron chi connectivity index (χ0n) is 14.0. The third kappa shape index (κ3) is 4.98. The molecule has 1 aliphatic rings. The van der Waals surface area contributed by atoms with E-state index in [1.807, 2.05) is 36.3 Å². The van der Waals surface area contributed by atoms with Gasteiger partial charge in [0.2, 0.25) is 0 Å². The number of aliphatic imine (C=N–C) groups is 1. The number of hydrogen-bond donors (Lipinski definition) is 2. The molecule has 0 spiro atoms. The lowest BCUT2D eigenvalue weighted by Gasteiger charge is -2.08. The number of nitrogens with two attached hydrogens (primary N) is 1. The molecule has 0 atom stereocenters. The highest BCUT2D eigenvalue weighted by Crippen LogP contribution is 2.20. The molecule has 2 heterocycles. The molecule has 0 aromatic carbocycles. The lowest BCUT2D eigenvalue weighted by Crippen LogP contribution is -2.17. The number of rotatable bonds is 5. The van der Waals surface area contributed by atoms with Gasteiger partial charge in [-0.05, 0) is 12.8 Å². The highest BCUT2D eigenvalue weighted by atomic mass is 15.0. The summed E-state index contributed by atoms with van der Waals surface area (Å²) in [5, 5.41) is 3.29. The maximum absolute atomic E-state index is 5.81. The lowest BCUT2D eigenvalue weighted by molar-refractivity contribution is 0.831. The van der Waals surface area contributed by atoms with Gasteiger partial charge in [-0.1, -0.05) is 38.2 Å². The minimum absolute atomic E-state index is 0.491. The van der Waals surface area contributed by atoms with E-state index in [0.717, 1.165) is 29.2 Å². The number of allylic oxidation sites excluding steroid dienone is 5. The molecule has 0 radical (unpaired) electrons. The van der Waals surface area contributed by atoms with Crippen LogP contribution in [0, 0.1) is 5.92 Å². The molecular weight excluding hydrogens is 286 g/mol. The van der Waals surface area contributed by atoms with E-state index in [4.69, 9.17) is 5.73 Å². The molecule has 0 bridgehead atoms. The quantitative estimate of drug-likeness (QED) is 0.878. The molecule has 1 aromatic heterocycles. The average Bonchev–Trinajstić information content (AvgIpc) is 2.99. The summed E-state index contributed by atoms with van der Waals surface area (Å²) in [6, 6.07) is 0. The van der Waals surface area contributed by atoms with E-state index >= 15 is 0 Å². The van der Waals surface area contributed by atoms with E-state index in [0.29, 0.717) is 12.5 Å². The van der Waals surface area contributed by atoms with E-state index in [1.54, 1.807) is 6.20 Å². The van der Waals surface area contributed by atoms with Crippen LogP contribution in [0.25, 0.3) is 5.70 Å². The summed E-state index contributed by atoms with van der Waals surface area (Å²) in [5.74, 6) is 1.39. The van der Waals surface area contributed by atoms with Crippen LogP contribution in [0.3, 0.4) is 0 Å². The van der Waals surface area contributed by atoms with Crippen molar-refractivity contribution in [3.05, 3.63) is 60.5 Å². The van der Waals surface area contributed by atoms with Crippen molar-refractivity contribution in [3.8, 4) is 0 Å². The predicted octanol–water partition coefficient (Wildman–Crippen LogP) is 3.07. The Hall–Kier alpha value is -2.56. The molecule has 5 nitrogen and oxygen atoms in total. The number of nitrogens with one attached hydrogen (secondary N) is 1. The highest BCUT2D eigenvalue weighted by Gasteiger charge is 2.10. The van der Waals surface area contributed by atoms with Gasteiger partial charge in [0.05, 0.1) is 18.6 Å². The van der Waals surface area contributed by atoms with Gasteiger partial charge in [0, 0.05) is 36.3 Å². The fourth-order valence-corrected chi connectivity index (χ4v) is 2.08. The SMILES string of the molecule is C/C=C(/N)CN=C1CC=C(n2ccnc2)C(/C=C/C(C)C)=CN1. The summed E-state index contributed by atoms with van der Waals surface area (Å²) in [6.45, 7) is 6.75. The second-order valence-corrected chi connectivity index (χ2v) is 5.74. The largest absolute Gasteiger partial charge is 0.401 e. The molecule has 122 valence electrons. The average molecular weight is 311 g/mol. The Labute approximate surface area is 138 Å². The Kier molecular flexibility index (Phi) is 5.97. The molecular formula is C18H25N5. The number of imidazole rings is 1. The Bertz CT molecular complexity index is 658. The standard InChI is InChI=1S/C18H25N5/c1-4-16(19)12-22-18-8-7-17(23-10-9-20-13-23)15(11-21-18)6-5-14(2)3/h4-7,9-11,13-14H,8,12,19H2,1-3H3,(H,21,22)/b6-5+,16-4+. The Morgan fingerprint density at radius 2 is 2.35 bits per heavy atom. The van der Waals surface area contributed by atoms with Crippen LogP contribution < -0.4 is 11.1 Å². The van der Waals surface area contributed by atoms with Crippen molar-refractivity contribution >= 4 is 11.5 Å². The van der Waals surface area contributed by atoms with Crippen LogP contribution >= 0.6 is 0 Å². The lowest BCUT2D eigenvalue weighted by atomic mass is 10.1. The highest BCUT2D eigenvalue weighted by molar-refractivity contribution is 5.88. The summed E-state index contributed by atoms with van der Waals surface area (Å²) in [4.78, 5) is 8.68. The van der Waals surface area contributed by atoms with E-state index < -0.39 is 0 Å². The van der Waals surface area contributed by atoms with Crippen molar-refractivity contribution in [2.75, 3.05) is 6.54 Å². The summed E-state index contributed by atoms with van der Waals surface area (Å²) in [5.41, 5.74) is 8.78. The first-order valence-electron chi connectivity index (χ1n) is 7.88. The first-order valence-corrected chi connectivity index (χ1v) is 7.88. The van der Waals surface area contributed by atoms with Crippen LogP contribution in [0.4, 0.5) is 0 Å². The molecule has 0 saturated carbocycles. The second-order valence-electron chi connectivity index (χ2n) is 5.74. The van der Waals surface area contributed by atoms with Crippen LogP contribution in [0.15, 0.2) is 65.5 Å². The zero-order chi connectivity index (χ0) is 16.7. The Morgan fingerprint density at radius 1 is 1.52 bits per heavy atom. The molecule has 1 aliphatic heterocycles. The van der Waals surface area contributed by atoms with Crippen molar-refractivity contribution in [1.29, 1.82) is 0 Å². The summed E-state index contributed by atoms with van der Waals surface area (Å²) in [6.07, 6.45) is 16.6. The van der Waals surface area contributed by atoms with Gasteiger partial charge in [-0.3, -0.25) is 4.99 Å². The van der Waals surface area contributed by atoms with Gasteiger partial charge in [0.25, 0.3) is 0 Å². The number of hydrogen-bond acceptors (Lipinski definition) is 3. The van der Waals surface area contributed by atoms with Gasteiger partial charge in [0.15, 0.2) is 0 Å². The van der Waals surface area contributed by atoms with Crippen molar-refractivity contribution in [2.45, 2.75) is 27.2 Å². The molecule has 0 aliphatic carbocycles. The second kappa shape index (κ2) is 8.17. The minimum Gasteiger partial charge on any atom is -0.401 e. The monoisotopic (exact) mass is 311 g/mol. The molecule has 0 fully saturated rings. The topological polar surface area (TPSA) is 68.2 Å². The fraction of sp³-hybridized carbons (Fsp3) is 0.333. The van der Waals surface area contributed by atoms with E-state index in [9.17, 15) is 0 Å². The van der Waals surface area contributed by atoms with Gasteiger partial charge in [0.1, 0.15) is 5.84 Å². The van der Waals surface area contributed by atoms with E-state index in [2.05, 4.69) is 47.4 Å². The van der Waals surface area contributed by atoms with Crippen molar-refractivity contribution < 1.29 is 0 Å². The van der Waals surface area contributed by atoms with Crippen LogP contribution in [0.2, 0.25) is 0 Å². The molecule has 1 aromatic rings.